The Morgan fingerprint density at radius 3 is 0.639 bits per heavy atom. The molecule has 16 nitrogen and oxygen atoms in total. The number of rotatable bonds is 19. The average Bonchev–Trinajstić information content (AvgIpc) is 4.04. The van der Waals surface area contributed by atoms with Crippen LogP contribution >= 0.6 is 0 Å². The van der Waals surface area contributed by atoms with Gasteiger partial charge in [-0.3, -0.25) is 0 Å². The molecule has 0 saturated carbocycles. The standard InChI is InChI=1S/C56H58N4O12/c1-31-19-15-17-21-37(31)55(57-47(33-23-39(61-3)51(69-11)40(24-33)62-4)48(58-55)34-25-41(63-5)52(70-12)42(26-34)64-6)56(38-22-18-16-20-32(38)2)59-49(35-27-43(65-7)53(71-13)44(28-35)66-8)50(60-56)36-29-45(67-9)54(72-14)46(30-36)68-10/h15-30H,1-14H3. The summed E-state index contributed by atoms with van der Waals surface area (Å²) in [5, 5.41) is 0. The van der Waals surface area contributed by atoms with Crippen molar-refractivity contribution in [3.8, 4) is 69.0 Å². The van der Waals surface area contributed by atoms with Gasteiger partial charge in [-0.2, -0.15) is 0 Å². The molecule has 8 rings (SSSR count). The fraction of sp³-hybridized carbons (Fsp3) is 0.286. The second kappa shape index (κ2) is 20.5. The summed E-state index contributed by atoms with van der Waals surface area (Å²) in [5.74, 6) is 4.74. The molecule has 0 amide bonds. The van der Waals surface area contributed by atoms with Gasteiger partial charge in [0.2, 0.25) is 34.3 Å². The average molecular weight is 979 g/mol. The topological polar surface area (TPSA) is 160 Å². The molecule has 0 fully saturated rings. The molecule has 0 spiro atoms. The Morgan fingerprint density at radius 2 is 0.472 bits per heavy atom. The van der Waals surface area contributed by atoms with E-state index in [9.17, 15) is 0 Å². The first-order valence-corrected chi connectivity index (χ1v) is 22.7. The monoisotopic (exact) mass is 978 g/mol. The summed E-state index contributed by atoms with van der Waals surface area (Å²) in [6.07, 6.45) is 0. The smallest absolute Gasteiger partial charge is 0.226 e. The van der Waals surface area contributed by atoms with Crippen LogP contribution in [0, 0.1) is 13.8 Å². The first kappa shape index (κ1) is 50.0. The predicted molar refractivity (Wildman–Crippen MR) is 276 cm³/mol. The second-order valence-electron chi connectivity index (χ2n) is 16.5. The van der Waals surface area contributed by atoms with Gasteiger partial charge in [-0.25, -0.2) is 20.0 Å². The third-order valence-electron chi connectivity index (χ3n) is 12.8. The van der Waals surface area contributed by atoms with Crippen LogP contribution in [0.3, 0.4) is 0 Å². The molecule has 2 heterocycles. The van der Waals surface area contributed by atoms with Crippen LogP contribution in [0.1, 0.15) is 44.5 Å². The van der Waals surface area contributed by atoms with Crippen molar-refractivity contribution in [2.45, 2.75) is 25.2 Å². The van der Waals surface area contributed by atoms with Crippen LogP contribution in [-0.4, -0.2) is 108 Å². The summed E-state index contributed by atoms with van der Waals surface area (Å²) in [6.45, 7) is 4.04. The van der Waals surface area contributed by atoms with Crippen molar-refractivity contribution in [1.29, 1.82) is 0 Å². The van der Waals surface area contributed by atoms with Gasteiger partial charge in [-0.05, 0) is 73.5 Å². The zero-order chi connectivity index (χ0) is 51.5. The van der Waals surface area contributed by atoms with Crippen LogP contribution < -0.4 is 56.8 Å². The van der Waals surface area contributed by atoms with Crippen LogP contribution in [0.15, 0.2) is 117 Å². The minimum Gasteiger partial charge on any atom is -0.493 e. The first-order valence-electron chi connectivity index (χ1n) is 22.7. The van der Waals surface area contributed by atoms with E-state index < -0.39 is 11.3 Å². The quantitative estimate of drug-likeness (QED) is 0.0758. The van der Waals surface area contributed by atoms with Crippen molar-refractivity contribution in [2.75, 3.05) is 85.3 Å². The van der Waals surface area contributed by atoms with Gasteiger partial charge in [-0.1, -0.05) is 48.5 Å². The lowest BCUT2D eigenvalue weighted by atomic mass is 9.79. The van der Waals surface area contributed by atoms with E-state index in [1.807, 2.05) is 111 Å². The third-order valence-corrected chi connectivity index (χ3v) is 12.8. The van der Waals surface area contributed by atoms with Crippen molar-refractivity contribution in [1.82, 2.24) is 0 Å². The second-order valence-corrected chi connectivity index (χ2v) is 16.5. The molecule has 0 aliphatic carbocycles. The molecule has 16 heteroatoms. The third kappa shape index (κ3) is 8.15. The van der Waals surface area contributed by atoms with Crippen molar-refractivity contribution in [2.24, 2.45) is 20.0 Å². The van der Waals surface area contributed by atoms with Crippen molar-refractivity contribution in [3.63, 3.8) is 0 Å². The van der Waals surface area contributed by atoms with Gasteiger partial charge in [0.1, 0.15) is 0 Å². The highest BCUT2D eigenvalue weighted by molar-refractivity contribution is 6.56. The highest BCUT2D eigenvalue weighted by Gasteiger charge is 2.61. The lowest BCUT2D eigenvalue weighted by Crippen LogP contribution is -2.44. The lowest BCUT2D eigenvalue weighted by Gasteiger charge is -2.39. The van der Waals surface area contributed by atoms with Gasteiger partial charge >= 0.3 is 0 Å². The Balaban J connectivity index is 1.63. The van der Waals surface area contributed by atoms with Crippen molar-refractivity contribution < 1.29 is 56.8 Å². The van der Waals surface area contributed by atoms with Gasteiger partial charge < -0.3 is 56.8 Å². The molecule has 0 N–H and O–H groups in total. The molecule has 0 unspecified atom stereocenters. The molecular weight excluding hydrogens is 921 g/mol. The van der Waals surface area contributed by atoms with Crippen molar-refractivity contribution >= 4 is 22.8 Å². The van der Waals surface area contributed by atoms with Gasteiger partial charge in [0.25, 0.3) is 0 Å². The van der Waals surface area contributed by atoms with E-state index in [1.54, 1.807) is 85.3 Å². The molecule has 0 saturated heterocycles. The zero-order valence-corrected chi connectivity index (χ0v) is 42.9. The Bertz CT molecular complexity index is 2710. The van der Waals surface area contributed by atoms with E-state index in [2.05, 4.69) is 0 Å². The number of hydrogen-bond acceptors (Lipinski definition) is 16. The van der Waals surface area contributed by atoms with Crippen LogP contribution in [0.5, 0.6) is 69.0 Å². The molecule has 0 aromatic heterocycles. The molecule has 2 aliphatic rings. The van der Waals surface area contributed by atoms with E-state index in [4.69, 9.17) is 76.8 Å². The Labute approximate surface area is 419 Å². The summed E-state index contributed by atoms with van der Waals surface area (Å²) in [6, 6.07) is 30.6. The van der Waals surface area contributed by atoms with Gasteiger partial charge in [0, 0.05) is 33.4 Å². The van der Waals surface area contributed by atoms with E-state index in [-0.39, 0.29) is 0 Å². The number of hydrogen-bond donors (Lipinski definition) is 0. The van der Waals surface area contributed by atoms with E-state index in [1.165, 1.54) is 0 Å². The number of ether oxygens (including phenoxy) is 12. The maximum absolute atomic E-state index is 5.96. The molecule has 2 aliphatic heterocycles. The summed E-state index contributed by atoms with van der Waals surface area (Å²) in [7, 11) is 18.7. The summed E-state index contributed by atoms with van der Waals surface area (Å²) in [4.78, 5) is 23.8. The van der Waals surface area contributed by atoms with Crippen molar-refractivity contribution in [3.05, 3.63) is 142 Å². The Kier molecular flexibility index (Phi) is 14.2. The molecule has 6 aromatic rings. The van der Waals surface area contributed by atoms with Crippen LogP contribution in [0.4, 0.5) is 0 Å². The molecule has 72 heavy (non-hydrogen) atoms. The lowest BCUT2D eigenvalue weighted by molar-refractivity contribution is 0.255. The molecule has 0 bridgehead atoms. The summed E-state index contributed by atoms with van der Waals surface area (Å²) in [5.41, 5.74) is 3.62. The predicted octanol–water partition coefficient (Wildman–Crippen LogP) is 9.40. The molecular formula is C56H58N4O12. The molecule has 374 valence electrons. The van der Waals surface area contributed by atoms with Gasteiger partial charge in [-0.15, -0.1) is 0 Å². The number of aryl methyl sites for hydroxylation is 2. The minimum absolute atomic E-state index is 0.394. The number of benzene rings is 6. The summed E-state index contributed by atoms with van der Waals surface area (Å²) >= 11 is 0. The largest absolute Gasteiger partial charge is 0.493 e. The molecule has 0 radical (unpaired) electrons. The molecule has 6 aromatic carbocycles. The Morgan fingerprint density at radius 1 is 0.278 bits per heavy atom. The maximum Gasteiger partial charge on any atom is 0.226 e. The number of nitrogens with zero attached hydrogens (tertiary/aromatic N) is 4. The zero-order valence-electron chi connectivity index (χ0n) is 42.9. The normalized spacial score (nSPS) is 14.2. The number of methoxy groups -OCH3 is 12. The van der Waals surface area contributed by atoms with E-state index >= 15 is 0 Å². The fourth-order valence-electron chi connectivity index (χ4n) is 9.44. The maximum atomic E-state index is 5.96. The SMILES string of the molecule is COc1cc(C2=NC(c3ccccc3C)(C3(c4ccccc4C)N=C(c4cc(OC)c(OC)c(OC)c4)C(c4cc(OC)c(OC)c(OC)c4)=N3)N=C2c2cc(OC)c(OC)c(OC)c2)cc(OC)c1OC. The first-order chi connectivity index (χ1) is 34.9. The van der Waals surface area contributed by atoms with Crippen LogP contribution in [0.2, 0.25) is 0 Å². The Hall–Kier alpha value is -8.40. The fourth-order valence-corrected chi connectivity index (χ4v) is 9.44. The summed E-state index contributed by atoms with van der Waals surface area (Å²) < 4.78 is 70.9. The van der Waals surface area contributed by atoms with Crippen LogP contribution in [-0.2, 0) is 11.3 Å². The highest BCUT2D eigenvalue weighted by atomic mass is 16.5. The van der Waals surface area contributed by atoms with Crippen LogP contribution in [0.25, 0.3) is 0 Å². The van der Waals surface area contributed by atoms with E-state index in [0.717, 1.165) is 11.1 Å². The molecule has 0 atom stereocenters. The minimum atomic E-state index is -1.76. The van der Waals surface area contributed by atoms with Gasteiger partial charge in [0.05, 0.1) is 108 Å². The number of aliphatic imine (C=N–C) groups is 4. The van der Waals surface area contributed by atoms with E-state index in [0.29, 0.717) is 125 Å². The highest BCUT2D eigenvalue weighted by Crippen LogP contribution is 2.57. The van der Waals surface area contributed by atoms with Gasteiger partial charge in [0.15, 0.2) is 46.0 Å².